The second-order valence-electron chi connectivity index (χ2n) is 16.5. The lowest BCUT2D eigenvalue weighted by atomic mass is 9.66. The molecular weight excluding hydrogens is 781 g/mol. The number of benzene rings is 9. The van der Waals surface area contributed by atoms with Crippen LogP contribution in [-0.4, -0.2) is 19.9 Å². The van der Waals surface area contributed by atoms with Crippen LogP contribution in [0.4, 0.5) is 0 Å². The molecule has 0 amide bonds. The minimum Gasteiger partial charge on any atom is -0.457 e. The second kappa shape index (κ2) is 14.3. The number of hydrogen-bond acceptors (Lipinski definition) is 5. The highest BCUT2D eigenvalue weighted by Gasteiger charge is 2.52. The molecule has 1 aliphatic carbocycles. The molecule has 298 valence electrons. The predicted octanol–water partition coefficient (Wildman–Crippen LogP) is 14.4. The smallest absolute Gasteiger partial charge is 0.164 e. The Morgan fingerprint density at radius 1 is 0.312 bits per heavy atom. The molecule has 0 saturated heterocycles. The van der Waals surface area contributed by atoms with E-state index in [1.165, 1.54) is 27.6 Å². The Bertz CT molecular complexity index is 3520. The summed E-state index contributed by atoms with van der Waals surface area (Å²) < 4.78 is 6.75. The molecule has 0 atom stereocenters. The second-order valence-corrected chi connectivity index (χ2v) is 16.5. The monoisotopic (exact) mass is 816 g/mol. The Morgan fingerprint density at radius 3 is 1.44 bits per heavy atom. The first-order valence-corrected chi connectivity index (χ1v) is 21.6. The molecule has 0 bridgehead atoms. The lowest BCUT2D eigenvalue weighted by molar-refractivity contribution is 0.436. The van der Waals surface area contributed by atoms with Gasteiger partial charge >= 0.3 is 0 Å². The molecule has 0 radical (unpaired) electrons. The van der Waals surface area contributed by atoms with Gasteiger partial charge in [-0.25, -0.2) is 19.9 Å². The van der Waals surface area contributed by atoms with E-state index in [1.54, 1.807) is 0 Å². The first kappa shape index (κ1) is 36.1. The van der Waals surface area contributed by atoms with Crippen molar-refractivity contribution >= 4 is 21.7 Å². The van der Waals surface area contributed by atoms with E-state index >= 15 is 0 Å². The van der Waals surface area contributed by atoms with Gasteiger partial charge in [-0.3, -0.25) is 0 Å². The summed E-state index contributed by atoms with van der Waals surface area (Å²) in [6, 6.07) is 76.8. The summed E-state index contributed by atoms with van der Waals surface area (Å²) in [5.41, 5.74) is 14.5. The van der Waals surface area contributed by atoms with Crippen LogP contribution < -0.4 is 4.74 Å². The van der Waals surface area contributed by atoms with Gasteiger partial charge in [-0.05, 0) is 69.1 Å². The zero-order chi connectivity index (χ0) is 42.2. The van der Waals surface area contributed by atoms with E-state index in [0.29, 0.717) is 17.5 Å². The van der Waals surface area contributed by atoms with Crippen LogP contribution >= 0.6 is 0 Å². The minimum absolute atomic E-state index is 0.622. The van der Waals surface area contributed by atoms with E-state index < -0.39 is 5.41 Å². The van der Waals surface area contributed by atoms with Crippen LogP contribution in [0.25, 0.3) is 89.4 Å². The average Bonchev–Trinajstić information content (AvgIpc) is 3.66. The van der Waals surface area contributed by atoms with E-state index in [9.17, 15) is 0 Å². The van der Waals surface area contributed by atoms with Gasteiger partial charge in [0.25, 0.3) is 0 Å². The topological polar surface area (TPSA) is 60.8 Å². The summed E-state index contributed by atoms with van der Waals surface area (Å²) >= 11 is 0. The van der Waals surface area contributed by atoms with E-state index in [0.717, 1.165) is 78.0 Å². The van der Waals surface area contributed by atoms with Crippen LogP contribution in [0.5, 0.6) is 11.5 Å². The van der Waals surface area contributed by atoms with E-state index in [1.807, 2.05) is 60.7 Å². The Kier molecular flexibility index (Phi) is 8.06. The highest BCUT2D eigenvalue weighted by Crippen LogP contribution is 2.64. The summed E-state index contributed by atoms with van der Waals surface area (Å²) in [6.45, 7) is 0. The van der Waals surface area contributed by atoms with Crippen molar-refractivity contribution in [2.75, 3.05) is 0 Å². The lowest BCUT2D eigenvalue weighted by Gasteiger charge is -2.39. The number of nitrogens with zero attached hydrogens (tertiary/aromatic N) is 4. The molecule has 1 aliphatic heterocycles. The summed E-state index contributed by atoms with van der Waals surface area (Å²) in [5, 5.41) is 3.41. The van der Waals surface area contributed by atoms with Crippen molar-refractivity contribution in [2.45, 2.75) is 5.41 Å². The van der Waals surface area contributed by atoms with Crippen molar-refractivity contribution in [2.24, 2.45) is 0 Å². The molecule has 5 heteroatoms. The van der Waals surface area contributed by atoms with Gasteiger partial charge in [-0.2, -0.15) is 0 Å². The van der Waals surface area contributed by atoms with Crippen molar-refractivity contribution in [3.05, 3.63) is 241 Å². The van der Waals surface area contributed by atoms with Gasteiger partial charge in [-0.15, -0.1) is 0 Å². The quantitative estimate of drug-likeness (QED) is 0.162. The third-order valence-corrected chi connectivity index (χ3v) is 13.0. The Morgan fingerprint density at radius 2 is 0.812 bits per heavy atom. The van der Waals surface area contributed by atoms with Gasteiger partial charge < -0.3 is 4.74 Å². The van der Waals surface area contributed by atoms with Crippen molar-refractivity contribution in [3.8, 4) is 79.2 Å². The molecule has 11 aromatic rings. The molecule has 9 aromatic carbocycles. The maximum Gasteiger partial charge on any atom is 0.164 e. The predicted molar refractivity (Wildman–Crippen MR) is 257 cm³/mol. The standard InChI is InChI=1S/C59H36N4O/c1-4-17-38(18-5-1)55-45-35-46-50(36-44(45)43-23-10-13-28-51(43)60-55)59(47-25-11-14-29-52(47)64-53-30-15-12-26-48(53)59)49-27-16-24-42(54(46)49)37-31-33-41(34-32-37)58-62-56(39-19-6-2-7-20-39)61-57(63-58)40-21-8-3-9-22-40/h1-36H. The Labute approximate surface area is 370 Å². The van der Waals surface area contributed by atoms with Gasteiger partial charge in [0.1, 0.15) is 11.5 Å². The summed E-state index contributed by atoms with van der Waals surface area (Å²) in [7, 11) is 0. The highest BCUT2D eigenvalue weighted by atomic mass is 16.5. The summed E-state index contributed by atoms with van der Waals surface area (Å²) in [5.74, 6) is 3.62. The first-order chi connectivity index (χ1) is 31.7. The van der Waals surface area contributed by atoms with E-state index in [4.69, 9.17) is 24.7 Å². The summed E-state index contributed by atoms with van der Waals surface area (Å²) in [4.78, 5) is 20.4. The first-order valence-electron chi connectivity index (χ1n) is 21.6. The molecule has 2 aromatic heterocycles. The number of hydrogen-bond donors (Lipinski definition) is 0. The fourth-order valence-electron chi connectivity index (χ4n) is 10.2. The average molecular weight is 817 g/mol. The molecule has 0 N–H and O–H groups in total. The van der Waals surface area contributed by atoms with Crippen LogP contribution in [0.1, 0.15) is 22.3 Å². The maximum absolute atomic E-state index is 6.75. The van der Waals surface area contributed by atoms with Crippen molar-refractivity contribution in [1.82, 2.24) is 19.9 Å². The van der Waals surface area contributed by atoms with E-state index in [2.05, 4.69) is 158 Å². The lowest BCUT2D eigenvalue weighted by Crippen LogP contribution is -2.32. The molecular formula is C59H36N4O. The van der Waals surface area contributed by atoms with Crippen LogP contribution in [-0.2, 0) is 5.41 Å². The van der Waals surface area contributed by atoms with Crippen molar-refractivity contribution in [1.29, 1.82) is 0 Å². The number of rotatable bonds is 5. The maximum atomic E-state index is 6.75. The number of para-hydroxylation sites is 3. The molecule has 3 heterocycles. The molecule has 64 heavy (non-hydrogen) atoms. The zero-order valence-electron chi connectivity index (χ0n) is 34.5. The molecule has 2 aliphatic rings. The largest absolute Gasteiger partial charge is 0.457 e. The number of aromatic nitrogens is 4. The minimum atomic E-state index is -0.663. The van der Waals surface area contributed by atoms with Crippen LogP contribution in [0.15, 0.2) is 218 Å². The number of pyridine rings is 1. The third-order valence-electron chi connectivity index (χ3n) is 13.0. The van der Waals surface area contributed by atoms with Gasteiger partial charge in [0.15, 0.2) is 17.5 Å². The van der Waals surface area contributed by atoms with E-state index in [-0.39, 0.29) is 0 Å². The molecule has 13 rings (SSSR count). The molecule has 0 saturated carbocycles. The van der Waals surface area contributed by atoms with Crippen molar-refractivity contribution in [3.63, 3.8) is 0 Å². The Balaban J connectivity index is 1.07. The number of ether oxygens (including phenoxy) is 1. The Hall–Kier alpha value is -8.54. The number of fused-ring (bicyclic) bond motifs is 12. The van der Waals surface area contributed by atoms with Crippen LogP contribution in [0.3, 0.4) is 0 Å². The molecule has 5 nitrogen and oxygen atoms in total. The third kappa shape index (κ3) is 5.44. The van der Waals surface area contributed by atoms with Crippen LogP contribution in [0, 0.1) is 0 Å². The van der Waals surface area contributed by atoms with Crippen molar-refractivity contribution < 1.29 is 4.74 Å². The van der Waals surface area contributed by atoms with Gasteiger partial charge in [0.05, 0.1) is 16.6 Å². The van der Waals surface area contributed by atoms with Gasteiger partial charge in [0.2, 0.25) is 0 Å². The zero-order valence-corrected chi connectivity index (χ0v) is 34.5. The molecule has 1 spiro atoms. The summed E-state index contributed by atoms with van der Waals surface area (Å²) in [6.07, 6.45) is 0. The normalized spacial score (nSPS) is 12.9. The fourth-order valence-corrected chi connectivity index (χ4v) is 10.2. The highest BCUT2D eigenvalue weighted by molar-refractivity contribution is 6.14. The van der Waals surface area contributed by atoms with Gasteiger partial charge in [-0.1, -0.05) is 188 Å². The molecule has 0 fully saturated rings. The fraction of sp³-hybridized carbons (Fsp3) is 0.0169. The SMILES string of the molecule is c1ccc(-c2nc(-c3ccccc3)nc(-c3ccc(-c4cccc5c4-c4cc6c(-c7ccccc7)nc7ccccc7c6cc4C54c5ccccc5Oc5ccccc54)cc3)n2)cc1. The van der Waals surface area contributed by atoms with Gasteiger partial charge in [0, 0.05) is 44.2 Å². The van der Waals surface area contributed by atoms with Crippen LogP contribution in [0.2, 0.25) is 0 Å². The molecule has 0 unspecified atom stereocenters.